The van der Waals surface area contributed by atoms with Crippen LogP contribution in [0.15, 0.2) is 36.5 Å². The third-order valence-corrected chi connectivity index (χ3v) is 2.68. The van der Waals surface area contributed by atoms with Gasteiger partial charge in [0.25, 0.3) is 5.91 Å². The Balaban J connectivity index is 1.94. The Labute approximate surface area is 105 Å². The summed E-state index contributed by atoms with van der Waals surface area (Å²) in [5, 5.41) is 3.35. The average molecular weight is 249 g/mol. The molecule has 0 saturated heterocycles. The van der Waals surface area contributed by atoms with Gasteiger partial charge in [0.05, 0.1) is 5.02 Å². The van der Waals surface area contributed by atoms with Crippen LogP contribution in [-0.4, -0.2) is 10.9 Å². The molecule has 1 amide bonds. The van der Waals surface area contributed by atoms with Crippen LogP contribution >= 0.6 is 11.6 Å². The minimum atomic E-state index is -0.155. The third-order valence-electron chi connectivity index (χ3n) is 2.47. The number of aryl methyl sites for hydroxylation is 1. The Morgan fingerprint density at radius 1 is 1.35 bits per heavy atom. The zero-order valence-electron chi connectivity index (χ0n) is 9.46. The number of H-pyrrole nitrogens is 1. The Morgan fingerprint density at radius 3 is 2.65 bits per heavy atom. The molecule has 0 spiro atoms. The number of hydrogen-bond donors (Lipinski definition) is 2. The van der Waals surface area contributed by atoms with Crippen molar-refractivity contribution in [3.8, 4) is 0 Å². The summed E-state index contributed by atoms with van der Waals surface area (Å²) in [6.07, 6.45) is 1.59. The van der Waals surface area contributed by atoms with Crippen LogP contribution in [0.5, 0.6) is 0 Å². The highest BCUT2D eigenvalue weighted by Gasteiger charge is 2.06. The zero-order chi connectivity index (χ0) is 12.3. The normalized spacial score (nSPS) is 10.2. The highest BCUT2D eigenvalue weighted by molar-refractivity contribution is 6.30. The molecule has 2 rings (SSSR count). The van der Waals surface area contributed by atoms with Gasteiger partial charge in [-0.05, 0) is 18.6 Å². The number of benzene rings is 1. The first-order chi connectivity index (χ1) is 8.15. The van der Waals surface area contributed by atoms with E-state index in [0.717, 1.165) is 5.56 Å². The number of hydrogen-bond acceptors (Lipinski definition) is 1. The molecule has 0 unspecified atom stereocenters. The van der Waals surface area contributed by atoms with Gasteiger partial charge in [-0.2, -0.15) is 0 Å². The summed E-state index contributed by atoms with van der Waals surface area (Å²) < 4.78 is 0. The maximum absolute atomic E-state index is 11.7. The topological polar surface area (TPSA) is 44.9 Å². The lowest BCUT2D eigenvalue weighted by Gasteiger charge is -2.04. The number of aromatic amines is 1. The number of aromatic nitrogens is 1. The second kappa shape index (κ2) is 5.06. The number of carbonyl (C=O) groups excluding carboxylic acids is 1. The summed E-state index contributed by atoms with van der Waals surface area (Å²) >= 11 is 5.73. The van der Waals surface area contributed by atoms with Gasteiger partial charge in [-0.3, -0.25) is 4.79 Å². The fourth-order valence-electron chi connectivity index (χ4n) is 1.48. The van der Waals surface area contributed by atoms with Crippen LogP contribution in [0, 0.1) is 6.92 Å². The van der Waals surface area contributed by atoms with Gasteiger partial charge in [0.1, 0.15) is 5.69 Å². The summed E-state index contributed by atoms with van der Waals surface area (Å²) in [6, 6.07) is 9.64. The van der Waals surface area contributed by atoms with Gasteiger partial charge in [0.15, 0.2) is 0 Å². The smallest absolute Gasteiger partial charge is 0.268 e. The van der Waals surface area contributed by atoms with Crippen molar-refractivity contribution in [3.05, 3.63) is 58.4 Å². The van der Waals surface area contributed by atoms with E-state index >= 15 is 0 Å². The van der Waals surface area contributed by atoms with E-state index in [-0.39, 0.29) is 5.91 Å². The molecule has 2 aromatic rings. The van der Waals surface area contributed by atoms with Crippen LogP contribution in [0.1, 0.15) is 21.6 Å². The van der Waals surface area contributed by atoms with Crippen molar-refractivity contribution >= 4 is 17.5 Å². The van der Waals surface area contributed by atoms with E-state index in [2.05, 4.69) is 10.3 Å². The Bertz CT molecular complexity index is 516. The Kier molecular flexibility index (Phi) is 3.49. The van der Waals surface area contributed by atoms with Crippen molar-refractivity contribution in [3.63, 3.8) is 0 Å². The third kappa shape index (κ3) is 3.11. The molecule has 2 N–H and O–H groups in total. The van der Waals surface area contributed by atoms with Gasteiger partial charge in [-0.15, -0.1) is 0 Å². The van der Waals surface area contributed by atoms with E-state index in [0.29, 0.717) is 17.3 Å². The summed E-state index contributed by atoms with van der Waals surface area (Å²) in [7, 11) is 0. The molecule has 0 saturated carbocycles. The van der Waals surface area contributed by atoms with Crippen LogP contribution in [0.3, 0.4) is 0 Å². The van der Waals surface area contributed by atoms with E-state index in [9.17, 15) is 4.79 Å². The highest BCUT2D eigenvalue weighted by atomic mass is 35.5. The highest BCUT2D eigenvalue weighted by Crippen LogP contribution is 2.09. The predicted molar refractivity (Wildman–Crippen MR) is 68.2 cm³/mol. The molecule has 0 aliphatic rings. The van der Waals surface area contributed by atoms with Gasteiger partial charge in [0.2, 0.25) is 0 Å². The van der Waals surface area contributed by atoms with E-state index < -0.39 is 0 Å². The molecular weight excluding hydrogens is 236 g/mol. The van der Waals surface area contributed by atoms with Crippen LogP contribution in [-0.2, 0) is 6.54 Å². The monoisotopic (exact) mass is 248 g/mol. The standard InChI is InChI=1S/C13H13ClN2O/c1-9-2-4-10(5-3-9)7-16-13(17)12-6-11(14)8-15-12/h2-6,8,15H,7H2,1H3,(H,16,17). The van der Waals surface area contributed by atoms with E-state index in [1.54, 1.807) is 12.3 Å². The van der Waals surface area contributed by atoms with Crippen molar-refractivity contribution in [2.45, 2.75) is 13.5 Å². The van der Waals surface area contributed by atoms with Crippen molar-refractivity contribution in [2.75, 3.05) is 0 Å². The maximum atomic E-state index is 11.7. The van der Waals surface area contributed by atoms with Gasteiger partial charge in [-0.1, -0.05) is 41.4 Å². The van der Waals surface area contributed by atoms with Crippen molar-refractivity contribution < 1.29 is 4.79 Å². The predicted octanol–water partition coefficient (Wildman–Crippen LogP) is 2.91. The van der Waals surface area contributed by atoms with Crippen LogP contribution < -0.4 is 5.32 Å². The molecule has 4 heteroatoms. The summed E-state index contributed by atoms with van der Waals surface area (Å²) in [5.41, 5.74) is 2.75. The second-order valence-electron chi connectivity index (χ2n) is 3.90. The number of halogens is 1. The summed E-state index contributed by atoms with van der Waals surface area (Å²) in [6.45, 7) is 2.54. The van der Waals surface area contributed by atoms with Gasteiger partial charge in [-0.25, -0.2) is 0 Å². The van der Waals surface area contributed by atoms with Crippen LogP contribution in [0.4, 0.5) is 0 Å². The van der Waals surface area contributed by atoms with Crippen LogP contribution in [0.25, 0.3) is 0 Å². The molecule has 0 bridgehead atoms. The number of rotatable bonds is 3. The SMILES string of the molecule is Cc1ccc(CNC(=O)c2cc(Cl)c[nH]2)cc1. The molecule has 3 nitrogen and oxygen atoms in total. The van der Waals surface area contributed by atoms with E-state index in [4.69, 9.17) is 11.6 Å². The molecule has 0 aliphatic carbocycles. The minimum Gasteiger partial charge on any atom is -0.356 e. The first-order valence-corrected chi connectivity index (χ1v) is 5.70. The van der Waals surface area contributed by atoms with Crippen molar-refractivity contribution in [2.24, 2.45) is 0 Å². The number of carbonyl (C=O) groups is 1. The molecule has 88 valence electrons. The van der Waals surface area contributed by atoms with Crippen molar-refractivity contribution in [1.29, 1.82) is 0 Å². The molecule has 1 aromatic heterocycles. The average Bonchev–Trinajstić information content (AvgIpc) is 2.75. The van der Waals surface area contributed by atoms with Gasteiger partial charge < -0.3 is 10.3 Å². The first kappa shape index (κ1) is 11.7. The van der Waals surface area contributed by atoms with Gasteiger partial charge in [0, 0.05) is 12.7 Å². The lowest BCUT2D eigenvalue weighted by atomic mass is 10.1. The molecule has 1 aromatic carbocycles. The van der Waals surface area contributed by atoms with Crippen molar-refractivity contribution in [1.82, 2.24) is 10.3 Å². The zero-order valence-corrected chi connectivity index (χ0v) is 10.2. The molecule has 17 heavy (non-hydrogen) atoms. The quantitative estimate of drug-likeness (QED) is 0.862. The molecular formula is C13H13ClN2O. The molecule has 0 fully saturated rings. The van der Waals surface area contributed by atoms with Crippen LogP contribution in [0.2, 0.25) is 5.02 Å². The molecule has 0 atom stereocenters. The number of nitrogens with one attached hydrogen (secondary N) is 2. The Hall–Kier alpha value is -1.74. The molecule has 1 heterocycles. The summed E-state index contributed by atoms with van der Waals surface area (Å²) in [4.78, 5) is 14.5. The lowest BCUT2D eigenvalue weighted by Crippen LogP contribution is -2.22. The van der Waals surface area contributed by atoms with E-state index in [1.165, 1.54) is 5.56 Å². The fraction of sp³-hybridized carbons (Fsp3) is 0.154. The second-order valence-corrected chi connectivity index (χ2v) is 4.34. The first-order valence-electron chi connectivity index (χ1n) is 5.33. The summed E-state index contributed by atoms with van der Waals surface area (Å²) in [5.74, 6) is -0.155. The number of amides is 1. The fourth-order valence-corrected chi connectivity index (χ4v) is 1.65. The Morgan fingerprint density at radius 2 is 2.06 bits per heavy atom. The minimum absolute atomic E-state index is 0.155. The molecule has 0 aliphatic heterocycles. The molecule has 0 radical (unpaired) electrons. The largest absolute Gasteiger partial charge is 0.356 e. The van der Waals surface area contributed by atoms with Gasteiger partial charge >= 0.3 is 0 Å². The van der Waals surface area contributed by atoms with E-state index in [1.807, 2.05) is 31.2 Å². The lowest BCUT2D eigenvalue weighted by molar-refractivity contribution is 0.0946. The maximum Gasteiger partial charge on any atom is 0.268 e.